The van der Waals surface area contributed by atoms with Crippen LogP contribution in [0.15, 0.2) is 0 Å². The second kappa shape index (κ2) is 26.0. The van der Waals surface area contributed by atoms with E-state index in [1.165, 1.54) is 6.42 Å². The number of hydrogen-bond acceptors (Lipinski definition) is 8. The fourth-order valence-electron chi connectivity index (χ4n) is 2.85. The highest BCUT2D eigenvalue weighted by Crippen LogP contribution is 2.22. The molecule has 0 heterocycles. The molecule has 1 N–H and O–H groups in total. The number of alkyl carbamates (subject to hydrolysis) is 1. The van der Waals surface area contributed by atoms with E-state index in [4.69, 9.17) is 28.4 Å². The van der Waals surface area contributed by atoms with Gasteiger partial charge in [0, 0.05) is 19.3 Å². The van der Waals surface area contributed by atoms with Crippen molar-refractivity contribution in [3.8, 4) is 0 Å². The van der Waals surface area contributed by atoms with Crippen LogP contribution in [0.3, 0.4) is 0 Å². The van der Waals surface area contributed by atoms with Crippen LogP contribution < -0.4 is 5.32 Å². The Morgan fingerprint density at radius 2 is 1.12 bits per heavy atom. The first kappa shape index (κ1) is 32.4. The van der Waals surface area contributed by atoms with Crippen LogP contribution >= 0.6 is 12.6 Å². The summed E-state index contributed by atoms with van der Waals surface area (Å²) < 4.78 is 32.1. The SMILES string of the molecule is CCC.CCCCOCCOCCOCCOCCOCCOC(=O)NC1CCC(S)CC1.[HH]. The average Bonchev–Trinajstić information content (AvgIpc) is 2.80. The molecule has 0 aliphatic heterocycles. The van der Waals surface area contributed by atoms with E-state index in [2.05, 4.69) is 38.7 Å². The molecule has 200 valence electrons. The van der Waals surface area contributed by atoms with Crippen molar-refractivity contribution in [3.63, 3.8) is 0 Å². The third kappa shape index (κ3) is 24.3. The van der Waals surface area contributed by atoms with Crippen molar-refractivity contribution in [1.82, 2.24) is 5.32 Å². The van der Waals surface area contributed by atoms with E-state index in [-0.39, 0.29) is 20.2 Å². The van der Waals surface area contributed by atoms with Gasteiger partial charge in [-0.3, -0.25) is 0 Å². The molecular weight excluding hydrogens is 446 g/mol. The smallest absolute Gasteiger partial charge is 0.407 e. The lowest BCUT2D eigenvalue weighted by Gasteiger charge is -2.26. The van der Waals surface area contributed by atoms with Crippen molar-refractivity contribution >= 4 is 18.7 Å². The zero-order valence-electron chi connectivity index (χ0n) is 21.2. The van der Waals surface area contributed by atoms with Gasteiger partial charge in [0.15, 0.2) is 0 Å². The van der Waals surface area contributed by atoms with Gasteiger partial charge in [0.25, 0.3) is 0 Å². The Balaban J connectivity index is 0. The van der Waals surface area contributed by atoms with Crippen LogP contribution in [0.25, 0.3) is 0 Å². The van der Waals surface area contributed by atoms with E-state index in [1.54, 1.807) is 0 Å². The van der Waals surface area contributed by atoms with E-state index in [9.17, 15) is 4.79 Å². The Kier molecular flexibility index (Phi) is 25.6. The Labute approximate surface area is 208 Å². The van der Waals surface area contributed by atoms with Crippen molar-refractivity contribution in [2.75, 3.05) is 72.7 Å². The molecule has 1 rings (SSSR count). The van der Waals surface area contributed by atoms with Gasteiger partial charge < -0.3 is 33.7 Å². The number of carbonyl (C=O) groups is 1. The van der Waals surface area contributed by atoms with Gasteiger partial charge in [-0.25, -0.2) is 4.79 Å². The summed E-state index contributed by atoms with van der Waals surface area (Å²) >= 11 is 4.45. The van der Waals surface area contributed by atoms with Crippen molar-refractivity contribution in [1.29, 1.82) is 0 Å². The molecule has 9 heteroatoms. The molecule has 1 amide bonds. The first-order valence-corrected chi connectivity index (χ1v) is 13.2. The number of amides is 1. The van der Waals surface area contributed by atoms with Crippen LogP contribution in [0.1, 0.15) is 67.1 Å². The van der Waals surface area contributed by atoms with E-state index in [0.29, 0.717) is 64.7 Å². The molecule has 0 unspecified atom stereocenters. The fourth-order valence-corrected chi connectivity index (χ4v) is 3.15. The molecule has 1 saturated carbocycles. The van der Waals surface area contributed by atoms with Crippen LogP contribution in [0.5, 0.6) is 0 Å². The summed E-state index contributed by atoms with van der Waals surface area (Å²) in [5.41, 5.74) is 0. The van der Waals surface area contributed by atoms with Crippen molar-refractivity contribution < 1.29 is 34.6 Å². The standard InChI is InChI=1S/C21H41NO7S.C3H8.H2/c1-2-3-8-24-9-10-25-11-12-26-13-14-27-15-16-28-17-18-29-21(23)22-19-4-6-20(30)7-5-19;1-3-2;/h19-20,30H,2-18H2,1H3,(H,22,23);3H2,1-2H3;1H. The van der Waals surface area contributed by atoms with Gasteiger partial charge in [0.1, 0.15) is 6.61 Å². The highest BCUT2D eigenvalue weighted by Gasteiger charge is 2.20. The lowest BCUT2D eigenvalue weighted by Crippen LogP contribution is -2.38. The average molecular weight is 498 g/mol. The van der Waals surface area contributed by atoms with Crippen LogP contribution in [0.2, 0.25) is 0 Å². The first-order valence-electron chi connectivity index (χ1n) is 12.6. The summed E-state index contributed by atoms with van der Waals surface area (Å²) in [5, 5.41) is 3.35. The Morgan fingerprint density at radius 1 is 0.727 bits per heavy atom. The lowest BCUT2D eigenvalue weighted by atomic mass is 9.95. The largest absolute Gasteiger partial charge is 0.447 e. The minimum Gasteiger partial charge on any atom is -0.447 e. The van der Waals surface area contributed by atoms with Crippen molar-refractivity contribution in [2.45, 2.75) is 77.0 Å². The van der Waals surface area contributed by atoms with Crippen LogP contribution in [0.4, 0.5) is 4.79 Å². The highest BCUT2D eigenvalue weighted by molar-refractivity contribution is 7.80. The Hall–Kier alpha value is -0.580. The number of rotatable bonds is 19. The minimum absolute atomic E-state index is 0. The number of unbranched alkanes of at least 4 members (excludes halogenated alkanes) is 1. The zero-order chi connectivity index (χ0) is 24.4. The van der Waals surface area contributed by atoms with Gasteiger partial charge in [-0.2, -0.15) is 12.6 Å². The molecule has 0 radical (unpaired) electrons. The summed E-state index contributed by atoms with van der Waals surface area (Å²) in [6.45, 7) is 12.1. The Bertz CT molecular complexity index is 417. The van der Waals surface area contributed by atoms with Gasteiger partial charge in [-0.15, -0.1) is 0 Å². The van der Waals surface area contributed by atoms with Gasteiger partial charge in [0.2, 0.25) is 0 Å². The molecule has 0 saturated heterocycles. The molecular formula is C24H51NO7S. The summed E-state index contributed by atoms with van der Waals surface area (Å²) in [6, 6.07) is 0.202. The molecule has 1 aliphatic rings. The maximum absolute atomic E-state index is 11.7. The lowest BCUT2D eigenvalue weighted by molar-refractivity contribution is -0.0140. The third-order valence-corrected chi connectivity index (χ3v) is 5.13. The summed E-state index contributed by atoms with van der Waals surface area (Å²) in [5.74, 6) is 0. The monoisotopic (exact) mass is 497 g/mol. The van der Waals surface area contributed by atoms with Crippen LogP contribution in [0, 0.1) is 0 Å². The van der Waals surface area contributed by atoms with Crippen LogP contribution in [-0.2, 0) is 28.4 Å². The first-order chi connectivity index (χ1) is 16.1. The summed E-state index contributed by atoms with van der Waals surface area (Å²) in [6.07, 6.45) is 7.10. The molecule has 0 aromatic carbocycles. The third-order valence-electron chi connectivity index (χ3n) is 4.61. The number of ether oxygens (including phenoxy) is 6. The molecule has 0 spiro atoms. The molecule has 0 aromatic rings. The summed E-state index contributed by atoms with van der Waals surface area (Å²) in [7, 11) is 0. The number of carbonyl (C=O) groups excluding carboxylic acids is 1. The van der Waals surface area contributed by atoms with Crippen molar-refractivity contribution in [3.05, 3.63) is 0 Å². The van der Waals surface area contributed by atoms with E-state index in [0.717, 1.165) is 45.1 Å². The second-order valence-electron chi connectivity index (χ2n) is 7.91. The topological polar surface area (TPSA) is 84.5 Å². The van der Waals surface area contributed by atoms with Gasteiger partial charge in [-0.05, 0) is 32.1 Å². The second-order valence-corrected chi connectivity index (χ2v) is 8.64. The van der Waals surface area contributed by atoms with E-state index >= 15 is 0 Å². The molecule has 0 aromatic heterocycles. The summed E-state index contributed by atoms with van der Waals surface area (Å²) in [4.78, 5) is 11.7. The zero-order valence-corrected chi connectivity index (χ0v) is 22.1. The predicted octanol–water partition coefficient (Wildman–Crippen LogP) is 4.50. The Morgan fingerprint density at radius 3 is 1.55 bits per heavy atom. The van der Waals surface area contributed by atoms with Crippen LogP contribution in [-0.4, -0.2) is 90.1 Å². The quantitative estimate of drug-likeness (QED) is 0.201. The molecule has 0 bridgehead atoms. The van der Waals surface area contributed by atoms with Gasteiger partial charge in [0.05, 0.1) is 59.5 Å². The highest BCUT2D eigenvalue weighted by atomic mass is 32.1. The molecule has 33 heavy (non-hydrogen) atoms. The molecule has 0 atom stereocenters. The maximum atomic E-state index is 11.7. The van der Waals surface area contributed by atoms with Crippen molar-refractivity contribution in [2.24, 2.45) is 0 Å². The molecule has 1 fully saturated rings. The normalized spacial score (nSPS) is 17.8. The molecule has 1 aliphatic carbocycles. The predicted molar refractivity (Wildman–Crippen MR) is 137 cm³/mol. The number of thiol groups is 1. The number of hydrogen-bond donors (Lipinski definition) is 2. The van der Waals surface area contributed by atoms with Gasteiger partial charge in [-0.1, -0.05) is 33.6 Å². The fraction of sp³-hybridized carbons (Fsp3) is 0.958. The minimum atomic E-state index is -0.373. The number of nitrogens with one attached hydrogen (secondary N) is 1. The van der Waals surface area contributed by atoms with Gasteiger partial charge >= 0.3 is 6.09 Å². The van der Waals surface area contributed by atoms with E-state index in [1.807, 2.05) is 0 Å². The van der Waals surface area contributed by atoms with E-state index < -0.39 is 0 Å². The molecule has 8 nitrogen and oxygen atoms in total. The maximum Gasteiger partial charge on any atom is 0.407 e.